The van der Waals surface area contributed by atoms with Gasteiger partial charge in [-0.05, 0) is 37.0 Å². The quantitative estimate of drug-likeness (QED) is 0.792. The van der Waals surface area contributed by atoms with Crippen molar-refractivity contribution in [1.29, 1.82) is 0 Å². The third-order valence-electron chi connectivity index (χ3n) is 4.74. The Hall–Kier alpha value is -1.93. The molecule has 0 radical (unpaired) electrons. The fourth-order valence-electron chi connectivity index (χ4n) is 2.97. The highest BCUT2D eigenvalue weighted by Crippen LogP contribution is 2.33. The van der Waals surface area contributed by atoms with E-state index in [4.69, 9.17) is 9.26 Å². The van der Waals surface area contributed by atoms with Gasteiger partial charge in [-0.15, -0.1) is 0 Å². The highest BCUT2D eigenvalue weighted by Gasteiger charge is 2.29. The molecule has 26 heavy (non-hydrogen) atoms. The molecule has 142 valence electrons. The van der Waals surface area contributed by atoms with Crippen molar-refractivity contribution in [3.63, 3.8) is 0 Å². The number of piperidine rings is 1. The van der Waals surface area contributed by atoms with Crippen LogP contribution in [-0.4, -0.2) is 43.1 Å². The lowest BCUT2D eigenvalue weighted by atomic mass is 10.0. The lowest BCUT2D eigenvalue weighted by Crippen LogP contribution is -2.37. The molecule has 1 aromatic heterocycles. The van der Waals surface area contributed by atoms with Crippen LogP contribution < -0.4 is 4.74 Å². The van der Waals surface area contributed by atoms with Crippen LogP contribution in [0.5, 0.6) is 5.75 Å². The van der Waals surface area contributed by atoms with E-state index in [-0.39, 0.29) is 16.7 Å². The van der Waals surface area contributed by atoms with Gasteiger partial charge in [-0.25, -0.2) is 8.42 Å². The number of sulfonamides is 1. The molecule has 0 spiro atoms. The maximum atomic E-state index is 13.0. The summed E-state index contributed by atoms with van der Waals surface area (Å²) < 4.78 is 38.3. The first-order valence-corrected chi connectivity index (χ1v) is 10.3. The zero-order valence-corrected chi connectivity index (χ0v) is 16.4. The number of nitrogens with zero attached hydrogens (tertiary/aromatic N) is 3. The Morgan fingerprint density at radius 1 is 1.27 bits per heavy atom. The number of aromatic nitrogens is 2. The molecule has 0 atom stereocenters. The highest BCUT2D eigenvalue weighted by atomic mass is 32.2. The fraction of sp³-hybridized carbons (Fsp3) is 0.556. The molecule has 1 fully saturated rings. The van der Waals surface area contributed by atoms with Gasteiger partial charge in [-0.3, -0.25) is 0 Å². The molecule has 0 saturated carbocycles. The molecule has 0 amide bonds. The van der Waals surface area contributed by atoms with Gasteiger partial charge in [-0.1, -0.05) is 25.9 Å². The molecule has 0 unspecified atom stereocenters. The summed E-state index contributed by atoms with van der Waals surface area (Å²) in [4.78, 5) is 4.58. The molecular formula is C18H25N3O4S. The Morgan fingerprint density at radius 2 is 1.96 bits per heavy atom. The van der Waals surface area contributed by atoms with E-state index in [1.165, 1.54) is 7.11 Å². The monoisotopic (exact) mass is 379 g/mol. The highest BCUT2D eigenvalue weighted by molar-refractivity contribution is 7.89. The minimum absolute atomic E-state index is 0.112. The van der Waals surface area contributed by atoms with Crippen LogP contribution in [0.3, 0.4) is 0 Å². The van der Waals surface area contributed by atoms with Crippen molar-refractivity contribution in [2.45, 2.75) is 44.4 Å². The summed E-state index contributed by atoms with van der Waals surface area (Å²) in [5.41, 5.74) is 0.485. The van der Waals surface area contributed by atoms with Gasteiger partial charge in [0.2, 0.25) is 10.0 Å². The molecule has 1 aliphatic heterocycles. The molecule has 1 aliphatic rings. The second-order valence-corrected chi connectivity index (χ2v) is 9.00. The van der Waals surface area contributed by atoms with Crippen LogP contribution in [0.15, 0.2) is 27.6 Å². The van der Waals surface area contributed by atoms with Crippen LogP contribution in [0.1, 0.15) is 45.4 Å². The van der Waals surface area contributed by atoms with E-state index in [1.54, 1.807) is 22.5 Å². The van der Waals surface area contributed by atoms with Crippen molar-refractivity contribution in [3.05, 3.63) is 24.0 Å². The predicted octanol–water partition coefficient (Wildman–Crippen LogP) is 3.29. The van der Waals surface area contributed by atoms with Crippen molar-refractivity contribution >= 4 is 10.0 Å². The van der Waals surface area contributed by atoms with E-state index < -0.39 is 10.0 Å². The van der Waals surface area contributed by atoms with E-state index in [1.807, 2.05) is 13.8 Å². The summed E-state index contributed by atoms with van der Waals surface area (Å²) in [6.45, 7) is 7.16. The van der Waals surface area contributed by atoms with Crippen LogP contribution in [-0.2, 0) is 10.0 Å². The van der Waals surface area contributed by atoms with Crippen LogP contribution in [0, 0.1) is 5.92 Å². The Bertz CT molecular complexity index is 868. The average Bonchev–Trinajstić information content (AvgIpc) is 3.12. The molecule has 7 nitrogen and oxygen atoms in total. The SMILES string of the molecule is COc1ccc(S(=O)(=O)N2CCC(C)CC2)cc1-c1nc(C(C)C)no1. The number of hydrogen-bond acceptors (Lipinski definition) is 6. The smallest absolute Gasteiger partial charge is 0.261 e. The Kier molecular flexibility index (Phi) is 5.34. The molecule has 0 N–H and O–H groups in total. The van der Waals surface area contributed by atoms with Crippen molar-refractivity contribution in [1.82, 2.24) is 14.4 Å². The Morgan fingerprint density at radius 3 is 2.54 bits per heavy atom. The van der Waals surface area contributed by atoms with Crippen LogP contribution in [0.4, 0.5) is 0 Å². The van der Waals surface area contributed by atoms with E-state index in [9.17, 15) is 8.42 Å². The van der Waals surface area contributed by atoms with Gasteiger partial charge in [0.15, 0.2) is 5.82 Å². The largest absolute Gasteiger partial charge is 0.496 e. The lowest BCUT2D eigenvalue weighted by Gasteiger charge is -2.29. The molecule has 0 aliphatic carbocycles. The van der Waals surface area contributed by atoms with Crippen molar-refractivity contribution in [2.24, 2.45) is 5.92 Å². The Balaban J connectivity index is 1.99. The van der Waals surface area contributed by atoms with Crippen LogP contribution in [0.25, 0.3) is 11.5 Å². The summed E-state index contributed by atoms with van der Waals surface area (Å²) in [6.07, 6.45) is 1.76. The number of rotatable bonds is 5. The van der Waals surface area contributed by atoms with E-state index in [2.05, 4.69) is 17.1 Å². The first kappa shape index (κ1) is 18.8. The van der Waals surface area contributed by atoms with Gasteiger partial charge >= 0.3 is 0 Å². The van der Waals surface area contributed by atoms with E-state index in [0.29, 0.717) is 36.1 Å². The molecule has 1 aromatic carbocycles. The normalized spacial score (nSPS) is 17.0. The maximum absolute atomic E-state index is 13.0. The zero-order valence-electron chi connectivity index (χ0n) is 15.6. The van der Waals surface area contributed by atoms with E-state index >= 15 is 0 Å². The summed E-state index contributed by atoms with van der Waals surface area (Å²) in [7, 11) is -2.04. The minimum atomic E-state index is -3.56. The molecule has 2 heterocycles. The van der Waals surface area contributed by atoms with Crippen molar-refractivity contribution in [2.75, 3.05) is 20.2 Å². The van der Waals surface area contributed by atoms with E-state index in [0.717, 1.165) is 12.8 Å². The first-order valence-electron chi connectivity index (χ1n) is 8.85. The van der Waals surface area contributed by atoms with Gasteiger partial charge < -0.3 is 9.26 Å². The summed E-state index contributed by atoms with van der Waals surface area (Å²) >= 11 is 0. The molecule has 1 saturated heterocycles. The van der Waals surface area contributed by atoms with Crippen molar-refractivity contribution < 1.29 is 17.7 Å². The third-order valence-corrected chi connectivity index (χ3v) is 6.63. The van der Waals surface area contributed by atoms with Crippen LogP contribution >= 0.6 is 0 Å². The zero-order chi connectivity index (χ0) is 18.9. The van der Waals surface area contributed by atoms with Gasteiger partial charge in [0, 0.05) is 19.0 Å². The number of ether oxygens (including phenoxy) is 1. The van der Waals surface area contributed by atoms with Gasteiger partial charge in [0.05, 0.1) is 17.6 Å². The average molecular weight is 379 g/mol. The Labute approximate surface area is 154 Å². The molecule has 2 aromatic rings. The third kappa shape index (κ3) is 3.61. The van der Waals surface area contributed by atoms with Gasteiger partial charge in [0.25, 0.3) is 5.89 Å². The molecular weight excluding hydrogens is 354 g/mol. The number of hydrogen-bond donors (Lipinski definition) is 0. The summed E-state index contributed by atoms with van der Waals surface area (Å²) in [5.74, 6) is 1.99. The van der Waals surface area contributed by atoms with Gasteiger partial charge in [0.1, 0.15) is 5.75 Å². The van der Waals surface area contributed by atoms with Gasteiger partial charge in [-0.2, -0.15) is 9.29 Å². The predicted molar refractivity (Wildman–Crippen MR) is 97.5 cm³/mol. The minimum Gasteiger partial charge on any atom is -0.496 e. The second-order valence-electron chi connectivity index (χ2n) is 7.06. The standard InChI is InChI=1S/C18H25N3O4S/c1-12(2)17-19-18(25-20-17)15-11-14(5-6-16(15)24-4)26(22,23)21-9-7-13(3)8-10-21/h5-6,11-13H,7-10H2,1-4H3. The fourth-order valence-corrected chi connectivity index (χ4v) is 4.46. The number of methoxy groups -OCH3 is 1. The molecule has 0 bridgehead atoms. The first-order chi connectivity index (χ1) is 12.3. The lowest BCUT2D eigenvalue weighted by molar-refractivity contribution is 0.288. The summed E-state index contributed by atoms with van der Waals surface area (Å²) in [6, 6.07) is 4.76. The van der Waals surface area contributed by atoms with Crippen LogP contribution in [0.2, 0.25) is 0 Å². The molecule has 3 rings (SSSR count). The topological polar surface area (TPSA) is 85.5 Å². The molecule has 8 heteroatoms. The number of benzene rings is 1. The second kappa shape index (κ2) is 7.36. The maximum Gasteiger partial charge on any atom is 0.261 e. The van der Waals surface area contributed by atoms with Crippen molar-refractivity contribution in [3.8, 4) is 17.2 Å². The summed E-state index contributed by atoms with van der Waals surface area (Å²) in [5, 5.41) is 3.96.